The van der Waals surface area contributed by atoms with Gasteiger partial charge in [0.2, 0.25) is 5.91 Å². The molecular weight excluding hydrogens is 264 g/mol. The van der Waals surface area contributed by atoms with E-state index in [0.29, 0.717) is 19.3 Å². The fourth-order valence-electron chi connectivity index (χ4n) is 2.32. The van der Waals surface area contributed by atoms with Gasteiger partial charge in [-0.3, -0.25) is 4.79 Å². The lowest BCUT2D eigenvalue weighted by atomic mass is 9.91. The minimum Gasteiger partial charge on any atom is -0.326 e. The first kappa shape index (κ1) is 16.0. The van der Waals surface area contributed by atoms with Gasteiger partial charge >= 0.3 is 0 Å². The van der Waals surface area contributed by atoms with Crippen LogP contribution in [-0.2, 0) is 14.6 Å². The Morgan fingerprint density at radius 2 is 2.05 bits per heavy atom. The molecule has 6 heteroatoms. The van der Waals surface area contributed by atoms with E-state index in [1.807, 2.05) is 13.8 Å². The highest BCUT2D eigenvalue weighted by atomic mass is 32.2. The first-order valence-electron chi connectivity index (χ1n) is 6.53. The molecule has 19 heavy (non-hydrogen) atoms. The summed E-state index contributed by atoms with van der Waals surface area (Å²) >= 11 is 0. The molecule has 0 bridgehead atoms. The Morgan fingerprint density at radius 1 is 1.47 bits per heavy atom. The number of carbonyl (C=O) groups is 1. The molecule has 0 saturated carbocycles. The SMILES string of the molecule is C#CCN(C(=O)C(N)(CC)CC)C1CCS(=O)(=O)C1. The lowest BCUT2D eigenvalue weighted by Gasteiger charge is -2.35. The molecule has 108 valence electrons. The molecule has 0 spiro atoms. The van der Waals surface area contributed by atoms with Gasteiger partial charge in [0.25, 0.3) is 0 Å². The molecule has 1 heterocycles. The second kappa shape index (κ2) is 5.93. The van der Waals surface area contributed by atoms with Crippen LogP contribution in [-0.4, -0.2) is 48.9 Å². The van der Waals surface area contributed by atoms with E-state index in [9.17, 15) is 13.2 Å². The van der Waals surface area contributed by atoms with Gasteiger partial charge in [0, 0.05) is 6.04 Å². The molecule has 0 radical (unpaired) electrons. The highest BCUT2D eigenvalue weighted by Crippen LogP contribution is 2.22. The smallest absolute Gasteiger partial charge is 0.243 e. The summed E-state index contributed by atoms with van der Waals surface area (Å²) in [5.74, 6) is 2.29. The maximum atomic E-state index is 12.5. The monoisotopic (exact) mass is 286 g/mol. The van der Waals surface area contributed by atoms with Crippen molar-refractivity contribution in [1.29, 1.82) is 0 Å². The third-order valence-electron chi connectivity index (χ3n) is 3.86. The Labute approximate surface area is 115 Å². The number of rotatable bonds is 5. The lowest BCUT2D eigenvalue weighted by Crippen LogP contribution is -2.57. The number of nitrogens with zero attached hydrogens (tertiary/aromatic N) is 1. The van der Waals surface area contributed by atoms with Crippen molar-refractivity contribution in [2.75, 3.05) is 18.1 Å². The molecule has 1 amide bonds. The summed E-state index contributed by atoms with van der Waals surface area (Å²) in [6, 6.07) is -0.338. The van der Waals surface area contributed by atoms with Gasteiger partial charge in [-0.25, -0.2) is 8.42 Å². The van der Waals surface area contributed by atoms with E-state index in [1.54, 1.807) is 0 Å². The molecule has 0 aromatic heterocycles. The predicted octanol–water partition coefficient (Wildman–Crippen LogP) is 0.153. The zero-order valence-corrected chi connectivity index (χ0v) is 12.4. The summed E-state index contributed by atoms with van der Waals surface area (Å²) in [5.41, 5.74) is 5.14. The van der Waals surface area contributed by atoms with Gasteiger partial charge in [0.05, 0.1) is 23.6 Å². The molecule has 1 aliphatic rings. The van der Waals surface area contributed by atoms with Gasteiger partial charge in [-0.1, -0.05) is 19.8 Å². The standard InChI is InChI=1S/C13H22N2O3S/c1-4-8-15(11-7-9-19(17,18)10-11)12(16)13(14,5-2)6-3/h1,11H,5-10,14H2,2-3H3. The Morgan fingerprint density at radius 3 is 2.42 bits per heavy atom. The van der Waals surface area contributed by atoms with Crippen LogP contribution in [0, 0.1) is 12.3 Å². The van der Waals surface area contributed by atoms with Crippen molar-refractivity contribution in [3.8, 4) is 12.3 Å². The molecule has 1 aliphatic heterocycles. The van der Waals surface area contributed by atoms with Gasteiger partial charge in [0.15, 0.2) is 9.84 Å². The minimum absolute atomic E-state index is 0.00999. The number of amides is 1. The van der Waals surface area contributed by atoms with Crippen LogP contribution in [0.4, 0.5) is 0 Å². The van der Waals surface area contributed by atoms with Crippen LogP contribution < -0.4 is 5.73 Å². The molecular formula is C13H22N2O3S. The Hall–Kier alpha value is -1.06. The second-order valence-electron chi connectivity index (χ2n) is 5.06. The van der Waals surface area contributed by atoms with E-state index in [1.165, 1.54) is 4.90 Å². The number of hydrogen-bond donors (Lipinski definition) is 1. The summed E-state index contributed by atoms with van der Waals surface area (Å²) in [5, 5.41) is 0. The number of carbonyl (C=O) groups excluding carboxylic acids is 1. The average molecular weight is 286 g/mol. The van der Waals surface area contributed by atoms with Crippen molar-refractivity contribution >= 4 is 15.7 Å². The number of hydrogen-bond acceptors (Lipinski definition) is 4. The van der Waals surface area contributed by atoms with E-state index in [4.69, 9.17) is 12.2 Å². The first-order valence-corrected chi connectivity index (χ1v) is 8.35. The van der Waals surface area contributed by atoms with E-state index in [-0.39, 0.29) is 30.0 Å². The summed E-state index contributed by atoms with van der Waals surface area (Å²) in [7, 11) is -3.05. The molecule has 1 saturated heterocycles. The number of sulfone groups is 1. The van der Waals surface area contributed by atoms with Crippen LogP contribution in [0.5, 0.6) is 0 Å². The van der Waals surface area contributed by atoms with E-state index in [0.717, 1.165) is 0 Å². The van der Waals surface area contributed by atoms with Crippen LogP contribution in [0.1, 0.15) is 33.1 Å². The average Bonchev–Trinajstić information content (AvgIpc) is 2.74. The third-order valence-corrected chi connectivity index (χ3v) is 5.61. The van der Waals surface area contributed by atoms with Crippen molar-refractivity contribution in [1.82, 2.24) is 4.90 Å². The molecule has 0 aromatic carbocycles. The zero-order valence-electron chi connectivity index (χ0n) is 11.6. The largest absolute Gasteiger partial charge is 0.326 e. The minimum atomic E-state index is -3.05. The van der Waals surface area contributed by atoms with Gasteiger partial charge in [-0.15, -0.1) is 6.42 Å². The van der Waals surface area contributed by atoms with Crippen LogP contribution >= 0.6 is 0 Å². The highest BCUT2D eigenvalue weighted by Gasteiger charge is 2.40. The normalized spacial score (nSPS) is 21.9. The van der Waals surface area contributed by atoms with Crippen molar-refractivity contribution in [3.63, 3.8) is 0 Å². The lowest BCUT2D eigenvalue weighted by molar-refractivity contribution is -0.138. The van der Waals surface area contributed by atoms with Crippen LogP contribution in [0.15, 0.2) is 0 Å². The van der Waals surface area contributed by atoms with Crippen LogP contribution in [0.3, 0.4) is 0 Å². The Kier molecular flexibility index (Phi) is 4.99. The van der Waals surface area contributed by atoms with Crippen molar-refractivity contribution < 1.29 is 13.2 Å². The maximum Gasteiger partial charge on any atom is 0.243 e. The molecule has 0 aliphatic carbocycles. The van der Waals surface area contributed by atoms with Gasteiger partial charge in [0.1, 0.15) is 0 Å². The Bertz CT molecular complexity index is 475. The molecule has 1 rings (SSSR count). The first-order chi connectivity index (χ1) is 8.79. The molecule has 0 aromatic rings. The predicted molar refractivity (Wildman–Crippen MR) is 75.1 cm³/mol. The fraction of sp³-hybridized carbons (Fsp3) is 0.769. The molecule has 1 atom stereocenters. The van der Waals surface area contributed by atoms with E-state index >= 15 is 0 Å². The summed E-state index contributed by atoms with van der Waals surface area (Å²) in [4.78, 5) is 14.0. The van der Waals surface area contributed by atoms with Gasteiger partial charge in [-0.05, 0) is 19.3 Å². The fourth-order valence-corrected chi connectivity index (χ4v) is 4.06. The molecule has 1 unspecified atom stereocenters. The summed E-state index contributed by atoms with van der Waals surface area (Å²) < 4.78 is 23.1. The highest BCUT2D eigenvalue weighted by molar-refractivity contribution is 7.91. The topological polar surface area (TPSA) is 80.5 Å². The summed E-state index contributed by atoms with van der Waals surface area (Å²) in [6.07, 6.45) is 6.74. The van der Waals surface area contributed by atoms with Gasteiger partial charge in [-0.2, -0.15) is 0 Å². The van der Waals surface area contributed by atoms with Crippen LogP contribution in [0.2, 0.25) is 0 Å². The Balaban J connectivity index is 2.96. The third kappa shape index (κ3) is 3.48. The quantitative estimate of drug-likeness (QED) is 0.730. The van der Waals surface area contributed by atoms with Crippen LogP contribution in [0.25, 0.3) is 0 Å². The van der Waals surface area contributed by atoms with E-state index in [2.05, 4.69) is 5.92 Å². The maximum absolute atomic E-state index is 12.5. The number of nitrogens with two attached hydrogens (primary N) is 1. The zero-order chi connectivity index (χ0) is 14.7. The molecule has 5 nitrogen and oxygen atoms in total. The molecule has 1 fully saturated rings. The van der Waals surface area contributed by atoms with Crippen molar-refractivity contribution in [2.45, 2.75) is 44.7 Å². The van der Waals surface area contributed by atoms with Crippen molar-refractivity contribution in [2.24, 2.45) is 5.73 Å². The number of terminal acetylenes is 1. The second-order valence-corrected chi connectivity index (χ2v) is 7.29. The van der Waals surface area contributed by atoms with E-state index < -0.39 is 15.4 Å². The summed E-state index contributed by atoms with van der Waals surface area (Å²) in [6.45, 7) is 3.81. The molecule has 2 N–H and O–H groups in total. The van der Waals surface area contributed by atoms with Crippen molar-refractivity contribution in [3.05, 3.63) is 0 Å². The van der Waals surface area contributed by atoms with Gasteiger partial charge < -0.3 is 10.6 Å².